The monoisotopic (exact) mass is 386 g/mol. The third-order valence-electron chi connectivity index (χ3n) is 3.78. The van der Waals surface area contributed by atoms with Crippen LogP contribution in [0.5, 0.6) is 0 Å². The average molecular weight is 386 g/mol. The number of carboxylic acids is 1. The molecule has 0 radical (unpaired) electrons. The molecule has 1 aliphatic carbocycles. The van der Waals surface area contributed by atoms with Crippen molar-refractivity contribution in [3.63, 3.8) is 0 Å². The first-order valence-electron chi connectivity index (χ1n) is 8.92. The van der Waals surface area contributed by atoms with Crippen LogP contribution in [0, 0.1) is 11.6 Å². The summed E-state index contributed by atoms with van der Waals surface area (Å²) in [5.41, 5.74) is 4.59. The molecule has 0 aromatic heterocycles. The number of nitrogens with two attached hydrogens (primary N) is 1. The van der Waals surface area contributed by atoms with Crippen LogP contribution in [0.15, 0.2) is 18.2 Å². The Morgan fingerprint density at radius 2 is 1.67 bits per heavy atom. The van der Waals surface area contributed by atoms with Gasteiger partial charge in [0.2, 0.25) is 0 Å². The summed E-state index contributed by atoms with van der Waals surface area (Å²) in [5, 5.41) is 11.1. The number of aliphatic carboxylic acids is 1. The van der Waals surface area contributed by atoms with E-state index < -0.39 is 35.3 Å². The number of amides is 1. The molecule has 8 heteroatoms. The molecule has 0 unspecified atom stereocenters. The number of ether oxygens (including phenoxy) is 1. The molecular weight excluding hydrogens is 358 g/mol. The van der Waals surface area contributed by atoms with Crippen molar-refractivity contribution in [3.05, 3.63) is 35.4 Å². The van der Waals surface area contributed by atoms with Gasteiger partial charge >= 0.3 is 12.1 Å². The van der Waals surface area contributed by atoms with E-state index in [1.807, 2.05) is 5.32 Å². The van der Waals surface area contributed by atoms with Crippen LogP contribution < -0.4 is 11.1 Å². The van der Waals surface area contributed by atoms with Crippen LogP contribution in [0.3, 0.4) is 0 Å². The molecule has 0 bridgehead atoms. The highest BCUT2D eigenvalue weighted by Crippen LogP contribution is 2.18. The Kier molecular flexibility index (Phi) is 8.62. The van der Waals surface area contributed by atoms with Crippen molar-refractivity contribution in [2.75, 3.05) is 0 Å². The molecular formula is C19H28F2N2O4. The van der Waals surface area contributed by atoms with E-state index in [1.54, 1.807) is 20.8 Å². The number of halogens is 2. The molecule has 0 heterocycles. The lowest BCUT2D eigenvalue weighted by molar-refractivity contribution is -0.139. The highest BCUT2D eigenvalue weighted by molar-refractivity contribution is 5.81. The maximum Gasteiger partial charge on any atom is 0.408 e. The van der Waals surface area contributed by atoms with Crippen molar-refractivity contribution >= 4 is 12.1 Å². The molecule has 1 aromatic rings. The summed E-state index contributed by atoms with van der Waals surface area (Å²) in [4.78, 5) is 22.6. The maximum atomic E-state index is 13.1. The fourth-order valence-corrected chi connectivity index (χ4v) is 2.59. The van der Waals surface area contributed by atoms with Gasteiger partial charge in [0.15, 0.2) is 6.04 Å². The minimum absolute atomic E-state index is 0.221. The van der Waals surface area contributed by atoms with Gasteiger partial charge in [0, 0.05) is 12.1 Å². The van der Waals surface area contributed by atoms with Crippen LogP contribution >= 0.6 is 0 Å². The molecule has 0 spiro atoms. The van der Waals surface area contributed by atoms with Gasteiger partial charge in [-0.25, -0.2) is 18.4 Å². The van der Waals surface area contributed by atoms with E-state index >= 15 is 0 Å². The number of hydrogen-bond donors (Lipinski definition) is 3. The molecule has 6 nitrogen and oxygen atoms in total. The number of alkyl carbamates (subject to hydrolysis) is 1. The number of rotatable bonds is 3. The quantitative estimate of drug-likeness (QED) is 0.731. The third-order valence-corrected chi connectivity index (χ3v) is 3.78. The standard InChI is InChI=1S/C13H15F2NO4.C6H13N/c1-13(2,3)20-12(19)16-10(11(17)18)7-4-8(14)6-9(15)5-7;7-6-4-2-1-3-5-6/h4-6,10H,1-3H3,(H,16,19)(H,17,18);6H,1-5,7H2/t10-;/m0./s1. The average Bonchev–Trinajstić information content (AvgIpc) is 2.51. The minimum Gasteiger partial charge on any atom is -0.479 e. The van der Waals surface area contributed by atoms with Crippen LogP contribution in [0.2, 0.25) is 0 Å². The fourth-order valence-electron chi connectivity index (χ4n) is 2.59. The van der Waals surface area contributed by atoms with Gasteiger partial charge in [0.1, 0.15) is 17.2 Å². The lowest BCUT2D eigenvalue weighted by atomic mass is 9.97. The van der Waals surface area contributed by atoms with E-state index in [2.05, 4.69) is 0 Å². The number of benzene rings is 1. The number of carboxylic acid groups (broad SMARTS) is 1. The summed E-state index contributed by atoms with van der Waals surface area (Å²) in [6.45, 7) is 4.80. The van der Waals surface area contributed by atoms with Gasteiger partial charge in [0.25, 0.3) is 0 Å². The van der Waals surface area contributed by atoms with Crippen LogP contribution in [-0.2, 0) is 9.53 Å². The molecule has 152 valence electrons. The third kappa shape index (κ3) is 9.33. The molecule has 1 fully saturated rings. The van der Waals surface area contributed by atoms with E-state index in [0.717, 1.165) is 12.1 Å². The fraction of sp³-hybridized carbons (Fsp3) is 0.579. The Morgan fingerprint density at radius 1 is 1.15 bits per heavy atom. The molecule has 1 saturated carbocycles. The van der Waals surface area contributed by atoms with Gasteiger partial charge in [-0.3, -0.25) is 0 Å². The van der Waals surface area contributed by atoms with E-state index in [4.69, 9.17) is 15.6 Å². The summed E-state index contributed by atoms with van der Waals surface area (Å²) in [6, 6.07) is 1.21. The molecule has 1 atom stereocenters. The van der Waals surface area contributed by atoms with Crippen LogP contribution in [0.25, 0.3) is 0 Å². The van der Waals surface area contributed by atoms with Crippen molar-refractivity contribution in [2.24, 2.45) is 5.73 Å². The summed E-state index contributed by atoms with van der Waals surface area (Å²) >= 11 is 0. The molecule has 27 heavy (non-hydrogen) atoms. The molecule has 0 saturated heterocycles. The SMILES string of the molecule is CC(C)(C)OC(=O)N[C@H](C(=O)O)c1cc(F)cc(F)c1.NC1CCCCC1. The van der Waals surface area contributed by atoms with Gasteiger partial charge in [-0.2, -0.15) is 0 Å². The van der Waals surface area contributed by atoms with Crippen molar-refractivity contribution in [2.45, 2.75) is 70.6 Å². The molecule has 1 amide bonds. The van der Waals surface area contributed by atoms with E-state index in [0.29, 0.717) is 12.1 Å². The lowest BCUT2D eigenvalue weighted by Gasteiger charge is -2.22. The molecule has 2 rings (SSSR count). The van der Waals surface area contributed by atoms with Gasteiger partial charge in [-0.15, -0.1) is 0 Å². The number of hydrogen-bond acceptors (Lipinski definition) is 4. The topological polar surface area (TPSA) is 102 Å². The second-order valence-electron chi connectivity index (χ2n) is 7.52. The van der Waals surface area contributed by atoms with E-state index in [1.165, 1.54) is 32.1 Å². The highest BCUT2D eigenvalue weighted by Gasteiger charge is 2.26. The zero-order valence-corrected chi connectivity index (χ0v) is 15.9. The lowest BCUT2D eigenvalue weighted by Crippen LogP contribution is -2.38. The minimum atomic E-state index is -1.60. The van der Waals surface area contributed by atoms with Gasteiger partial charge in [0.05, 0.1) is 0 Å². The van der Waals surface area contributed by atoms with Gasteiger partial charge < -0.3 is 20.9 Å². The first-order valence-corrected chi connectivity index (χ1v) is 8.92. The Bertz CT molecular complexity index is 621. The zero-order valence-electron chi connectivity index (χ0n) is 15.9. The maximum absolute atomic E-state index is 13.1. The molecule has 1 aromatic carbocycles. The van der Waals surface area contributed by atoms with Crippen molar-refractivity contribution in [3.8, 4) is 0 Å². The van der Waals surface area contributed by atoms with Gasteiger partial charge in [-0.1, -0.05) is 19.3 Å². The summed E-state index contributed by atoms with van der Waals surface area (Å²) in [7, 11) is 0. The number of carbonyl (C=O) groups is 2. The van der Waals surface area contributed by atoms with Crippen molar-refractivity contribution in [1.29, 1.82) is 0 Å². The van der Waals surface area contributed by atoms with Gasteiger partial charge in [-0.05, 0) is 51.3 Å². The number of carbonyl (C=O) groups excluding carboxylic acids is 1. The van der Waals surface area contributed by atoms with Crippen LogP contribution in [0.4, 0.5) is 13.6 Å². The van der Waals surface area contributed by atoms with E-state index in [9.17, 15) is 18.4 Å². The summed E-state index contributed by atoms with van der Waals surface area (Å²) < 4.78 is 31.1. The van der Waals surface area contributed by atoms with Crippen LogP contribution in [0.1, 0.15) is 64.5 Å². The molecule has 1 aliphatic rings. The predicted octanol–water partition coefficient (Wildman–Crippen LogP) is 3.89. The van der Waals surface area contributed by atoms with Crippen molar-refractivity contribution < 1.29 is 28.2 Å². The van der Waals surface area contributed by atoms with Crippen LogP contribution in [-0.4, -0.2) is 28.8 Å². The molecule has 0 aliphatic heterocycles. The Balaban J connectivity index is 0.000000433. The zero-order chi connectivity index (χ0) is 20.6. The second kappa shape index (κ2) is 10.2. The Hall–Kier alpha value is -2.22. The predicted molar refractivity (Wildman–Crippen MR) is 97.2 cm³/mol. The van der Waals surface area contributed by atoms with E-state index in [-0.39, 0.29) is 5.56 Å². The first-order chi connectivity index (χ1) is 12.5. The summed E-state index contributed by atoms with van der Waals surface area (Å²) in [5.74, 6) is -3.32. The Labute approximate surface area is 158 Å². The van der Waals surface area contributed by atoms with Crippen molar-refractivity contribution in [1.82, 2.24) is 5.32 Å². The highest BCUT2D eigenvalue weighted by atomic mass is 19.1. The second-order valence-corrected chi connectivity index (χ2v) is 7.52. The molecule has 4 N–H and O–H groups in total. The largest absolute Gasteiger partial charge is 0.479 e. The first kappa shape index (κ1) is 22.8. The summed E-state index contributed by atoms with van der Waals surface area (Å²) in [6.07, 6.45) is 5.67. The number of nitrogens with one attached hydrogen (secondary N) is 1. The Morgan fingerprint density at radius 3 is 2.04 bits per heavy atom. The smallest absolute Gasteiger partial charge is 0.408 e. The normalized spacial score (nSPS) is 15.9.